The second-order valence-corrected chi connectivity index (χ2v) is 8.70. The smallest absolute Gasteiger partial charge is 0.174 e. The molecule has 0 aromatic heterocycles. The molecule has 2 aromatic carbocycles. The predicted molar refractivity (Wildman–Crippen MR) is 133 cm³/mol. The first-order chi connectivity index (χ1) is 16.3. The summed E-state index contributed by atoms with van der Waals surface area (Å²) in [6, 6.07) is 6.80. The molecule has 34 heavy (non-hydrogen) atoms. The highest BCUT2D eigenvalue weighted by Gasteiger charge is 2.33. The van der Waals surface area contributed by atoms with Gasteiger partial charge in [-0.15, -0.1) is 0 Å². The summed E-state index contributed by atoms with van der Waals surface area (Å²) in [6.07, 6.45) is 6.58. The molecule has 1 aliphatic rings. The lowest BCUT2D eigenvalue weighted by Gasteiger charge is -2.28. The van der Waals surface area contributed by atoms with Crippen LogP contribution in [0.15, 0.2) is 47.6 Å². The van der Waals surface area contributed by atoms with E-state index < -0.39 is 6.10 Å². The first-order valence-electron chi connectivity index (χ1n) is 11.4. The van der Waals surface area contributed by atoms with Gasteiger partial charge in [0, 0.05) is 23.3 Å². The van der Waals surface area contributed by atoms with Gasteiger partial charge in [-0.05, 0) is 46.1 Å². The second-order valence-electron chi connectivity index (χ2n) is 8.70. The van der Waals surface area contributed by atoms with Crippen LogP contribution in [0.3, 0.4) is 0 Å². The lowest BCUT2D eigenvalue weighted by Crippen LogP contribution is -2.22. The molecule has 182 valence electrons. The fourth-order valence-corrected chi connectivity index (χ4v) is 4.19. The molecule has 6 heteroatoms. The summed E-state index contributed by atoms with van der Waals surface area (Å²) < 4.78 is 22.7. The van der Waals surface area contributed by atoms with Gasteiger partial charge in [-0.25, -0.2) is 0 Å². The zero-order valence-electron chi connectivity index (χ0n) is 20.9. The lowest BCUT2D eigenvalue weighted by molar-refractivity contribution is 0.0843. The van der Waals surface area contributed by atoms with E-state index in [9.17, 15) is 9.90 Å². The fourth-order valence-electron chi connectivity index (χ4n) is 4.19. The van der Waals surface area contributed by atoms with E-state index in [1.807, 2.05) is 12.1 Å². The molecule has 0 saturated heterocycles. The average molecular weight is 467 g/mol. The number of phenolic OH excluding ortho intramolecular Hbond substituents is 1. The maximum Gasteiger partial charge on any atom is 0.174 e. The van der Waals surface area contributed by atoms with E-state index in [1.165, 1.54) is 24.3 Å². The number of phenols is 1. The molecule has 1 heterocycles. The number of aromatic hydroxyl groups is 1. The zero-order chi connectivity index (χ0) is 24.8. The third-order valence-electron chi connectivity index (χ3n) is 5.99. The molecule has 0 bridgehead atoms. The van der Waals surface area contributed by atoms with Gasteiger partial charge in [0.15, 0.2) is 17.3 Å². The van der Waals surface area contributed by atoms with Crippen molar-refractivity contribution in [1.82, 2.24) is 0 Å². The molecule has 2 aromatic rings. The van der Waals surface area contributed by atoms with Gasteiger partial charge in [-0.3, -0.25) is 4.79 Å². The van der Waals surface area contributed by atoms with Crippen molar-refractivity contribution >= 4 is 5.78 Å². The summed E-state index contributed by atoms with van der Waals surface area (Å²) in [5.41, 5.74) is 4.54. The Hall–Kier alpha value is -3.41. The summed E-state index contributed by atoms with van der Waals surface area (Å²) in [5.74, 6) is 1.67. The van der Waals surface area contributed by atoms with E-state index in [2.05, 4.69) is 32.9 Å². The molecule has 0 unspecified atom stereocenters. The van der Waals surface area contributed by atoms with Gasteiger partial charge in [-0.1, -0.05) is 29.4 Å². The third kappa shape index (κ3) is 5.56. The van der Waals surface area contributed by atoms with Crippen molar-refractivity contribution in [3.05, 3.63) is 64.3 Å². The SMILES string of the molecule is COc1cc(O)c2c(c1)O[C@H](c1ccc(OC)c(OC)c1C/C=C(\C)CCC=C(C)C)CC2=O. The van der Waals surface area contributed by atoms with E-state index in [-0.39, 0.29) is 23.5 Å². The van der Waals surface area contributed by atoms with Gasteiger partial charge in [0.2, 0.25) is 0 Å². The summed E-state index contributed by atoms with van der Waals surface area (Å²) in [5, 5.41) is 10.3. The molecular formula is C28H34O6. The highest BCUT2D eigenvalue weighted by molar-refractivity contribution is 6.02. The number of Topliss-reactive ketones (excluding diaryl/α,β-unsaturated/α-hetero) is 1. The minimum absolute atomic E-state index is 0.110. The number of methoxy groups -OCH3 is 3. The minimum atomic E-state index is -0.527. The number of ketones is 1. The highest BCUT2D eigenvalue weighted by atomic mass is 16.5. The summed E-state index contributed by atoms with van der Waals surface area (Å²) in [4.78, 5) is 13.0. The molecule has 1 atom stereocenters. The van der Waals surface area contributed by atoms with Crippen molar-refractivity contribution in [2.24, 2.45) is 0 Å². The Labute approximate surface area is 201 Å². The van der Waals surface area contributed by atoms with Gasteiger partial charge >= 0.3 is 0 Å². The molecule has 3 rings (SSSR count). The van der Waals surface area contributed by atoms with Gasteiger partial charge in [0.1, 0.15) is 28.9 Å². The van der Waals surface area contributed by atoms with Crippen molar-refractivity contribution in [3.8, 4) is 28.7 Å². The minimum Gasteiger partial charge on any atom is -0.507 e. The molecule has 6 nitrogen and oxygen atoms in total. The molecule has 0 spiro atoms. The number of ether oxygens (including phenoxy) is 4. The standard InChI is InChI=1S/C28H34O6/c1-17(2)8-7-9-18(3)10-11-21-20(12-13-24(32-5)28(21)33-6)25-16-23(30)27-22(29)14-19(31-4)15-26(27)34-25/h8,10,12-15,25,29H,7,9,11,16H2,1-6H3/b18-10+/t25-/m0/s1. The molecule has 0 amide bonds. The Balaban J connectivity index is 1.99. The van der Waals surface area contributed by atoms with Crippen LogP contribution >= 0.6 is 0 Å². The summed E-state index contributed by atoms with van der Waals surface area (Å²) in [6.45, 7) is 6.33. The Kier molecular flexibility index (Phi) is 8.26. The lowest BCUT2D eigenvalue weighted by atomic mass is 9.90. The summed E-state index contributed by atoms with van der Waals surface area (Å²) >= 11 is 0. The van der Waals surface area contributed by atoms with Crippen molar-refractivity contribution < 1.29 is 28.8 Å². The molecule has 1 aliphatic heterocycles. The number of benzene rings is 2. The number of carbonyl (C=O) groups excluding carboxylic acids is 1. The van der Waals surface area contributed by atoms with Crippen LogP contribution in [-0.4, -0.2) is 32.2 Å². The van der Waals surface area contributed by atoms with Crippen molar-refractivity contribution in [3.63, 3.8) is 0 Å². The topological polar surface area (TPSA) is 74.2 Å². The molecule has 0 radical (unpaired) electrons. The van der Waals surface area contributed by atoms with Crippen molar-refractivity contribution in [2.45, 2.75) is 52.6 Å². The van der Waals surface area contributed by atoms with E-state index in [0.717, 1.165) is 24.0 Å². The van der Waals surface area contributed by atoms with Crippen LogP contribution < -0.4 is 18.9 Å². The quantitative estimate of drug-likeness (QED) is 0.434. The maximum atomic E-state index is 13.0. The van der Waals surface area contributed by atoms with Gasteiger partial charge < -0.3 is 24.1 Å². The zero-order valence-corrected chi connectivity index (χ0v) is 20.9. The molecule has 1 N–H and O–H groups in total. The molecule has 0 fully saturated rings. The second kappa shape index (κ2) is 11.1. The number of hydrogen-bond acceptors (Lipinski definition) is 6. The monoisotopic (exact) mass is 466 g/mol. The Bertz CT molecular complexity index is 1110. The van der Waals surface area contributed by atoms with E-state index >= 15 is 0 Å². The number of fused-ring (bicyclic) bond motifs is 1. The van der Waals surface area contributed by atoms with Crippen LogP contribution in [0.2, 0.25) is 0 Å². The molecule has 0 saturated carbocycles. The molecule has 0 aliphatic carbocycles. The van der Waals surface area contributed by atoms with Crippen LogP contribution in [0.5, 0.6) is 28.7 Å². The van der Waals surface area contributed by atoms with Gasteiger partial charge in [0.05, 0.1) is 27.8 Å². The first kappa shape index (κ1) is 25.2. The largest absolute Gasteiger partial charge is 0.507 e. The fraction of sp³-hybridized carbons (Fsp3) is 0.393. The molecular weight excluding hydrogens is 432 g/mol. The van der Waals surface area contributed by atoms with Crippen LogP contribution in [0.1, 0.15) is 67.6 Å². The van der Waals surface area contributed by atoms with Crippen LogP contribution in [0.4, 0.5) is 0 Å². The number of allylic oxidation sites excluding steroid dienone is 4. The normalized spacial score (nSPS) is 15.3. The first-order valence-corrected chi connectivity index (χ1v) is 11.4. The Morgan fingerprint density at radius 3 is 2.50 bits per heavy atom. The van der Waals surface area contributed by atoms with Crippen LogP contribution in [0.25, 0.3) is 0 Å². The van der Waals surface area contributed by atoms with Gasteiger partial charge in [-0.2, -0.15) is 0 Å². The van der Waals surface area contributed by atoms with Crippen molar-refractivity contribution in [1.29, 1.82) is 0 Å². The van der Waals surface area contributed by atoms with Crippen molar-refractivity contribution in [2.75, 3.05) is 21.3 Å². The third-order valence-corrected chi connectivity index (χ3v) is 5.99. The van der Waals surface area contributed by atoms with Crippen LogP contribution in [0, 0.1) is 0 Å². The summed E-state index contributed by atoms with van der Waals surface area (Å²) in [7, 11) is 4.72. The Morgan fingerprint density at radius 1 is 1.09 bits per heavy atom. The van der Waals surface area contributed by atoms with Gasteiger partial charge in [0.25, 0.3) is 0 Å². The number of hydrogen-bond donors (Lipinski definition) is 1. The number of carbonyl (C=O) groups is 1. The van der Waals surface area contributed by atoms with E-state index in [4.69, 9.17) is 18.9 Å². The maximum absolute atomic E-state index is 13.0. The highest BCUT2D eigenvalue weighted by Crippen LogP contribution is 2.45. The average Bonchev–Trinajstić information content (AvgIpc) is 2.80. The Morgan fingerprint density at radius 2 is 1.85 bits per heavy atom. The van der Waals surface area contributed by atoms with Crippen LogP contribution in [-0.2, 0) is 6.42 Å². The number of rotatable bonds is 9. The van der Waals surface area contributed by atoms with E-state index in [0.29, 0.717) is 29.4 Å². The van der Waals surface area contributed by atoms with E-state index in [1.54, 1.807) is 20.3 Å². The predicted octanol–water partition coefficient (Wildman–Crippen LogP) is 6.36.